The Kier molecular flexibility index (Phi) is 6.27. The zero-order chi connectivity index (χ0) is 14.2. The highest BCUT2D eigenvalue weighted by Crippen LogP contribution is 2.14. The second-order valence-electron chi connectivity index (χ2n) is 5.53. The van der Waals surface area contributed by atoms with Crippen molar-refractivity contribution in [2.45, 2.75) is 33.2 Å². The third-order valence-electron chi connectivity index (χ3n) is 3.80. The van der Waals surface area contributed by atoms with Gasteiger partial charge in [0.05, 0.1) is 0 Å². The van der Waals surface area contributed by atoms with Crippen molar-refractivity contribution >= 4 is 5.82 Å². The first-order valence-electron chi connectivity index (χ1n) is 7.96. The summed E-state index contributed by atoms with van der Waals surface area (Å²) < 4.78 is 0. The van der Waals surface area contributed by atoms with Crippen LogP contribution < -0.4 is 10.2 Å². The summed E-state index contributed by atoms with van der Waals surface area (Å²) in [6.45, 7) is 12.2. The summed E-state index contributed by atoms with van der Waals surface area (Å²) in [5, 5.41) is 3.41. The lowest BCUT2D eigenvalue weighted by Crippen LogP contribution is -2.46. The fraction of sp³-hybridized carbons (Fsp3) is 0.688. The first-order valence-corrected chi connectivity index (χ1v) is 7.96. The molecule has 4 heteroatoms. The molecule has 0 unspecified atom stereocenters. The van der Waals surface area contributed by atoms with Crippen LogP contribution in [0.2, 0.25) is 0 Å². The molecule has 4 nitrogen and oxygen atoms in total. The van der Waals surface area contributed by atoms with Crippen LogP contribution in [0.5, 0.6) is 0 Å². The van der Waals surface area contributed by atoms with Gasteiger partial charge in [-0.05, 0) is 37.6 Å². The van der Waals surface area contributed by atoms with Gasteiger partial charge in [-0.2, -0.15) is 0 Å². The molecule has 0 aromatic carbocycles. The molecule has 0 aliphatic carbocycles. The van der Waals surface area contributed by atoms with E-state index in [1.807, 2.05) is 6.20 Å². The van der Waals surface area contributed by atoms with E-state index in [9.17, 15) is 0 Å². The van der Waals surface area contributed by atoms with Crippen molar-refractivity contribution in [1.82, 2.24) is 15.2 Å². The summed E-state index contributed by atoms with van der Waals surface area (Å²) in [4.78, 5) is 9.56. The first kappa shape index (κ1) is 15.3. The second-order valence-corrected chi connectivity index (χ2v) is 5.53. The summed E-state index contributed by atoms with van der Waals surface area (Å²) in [5.74, 6) is 1.13. The van der Waals surface area contributed by atoms with Crippen LogP contribution in [-0.4, -0.2) is 49.2 Å². The lowest BCUT2D eigenvalue weighted by molar-refractivity contribution is 0.258. The Morgan fingerprint density at radius 2 is 1.90 bits per heavy atom. The molecule has 112 valence electrons. The average Bonchev–Trinajstić information content (AvgIpc) is 2.49. The number of nitrogens with one attached hydrogen (secondary N) is 1. The molecule has 0 atom stereocenters. The van der Waals surface area contributed by atoms with E-state index in [0.29, 0.717) is 0 Å². The first-order chi connectivity index (χ1) is 9.83. The van der Waals surface area contributed by atoms with Crippen LogP contribution in [0.15, 0.2) is 18.3 Å². The van der Waals surface area contributed by atoms with Crippen molar-refractivity contribution in [2.75, 3.05) is 44.2 Å². The van der Waals surface area contributed by atoms with Gasteiger partial charge >= 0.3 is 0 Å². The third-order valence-corrected chi connectivity index (χ3v) is 3.80. The fourth-order valence-electron chi connectivity index (χ4n) is 2.63. The minimum atomic E-state index is 0.922. The molecule has 20 heavy (non-hydrogen) atoms. The molecule has 1 aliphatic rings. The molecule has 0 amide bonds. The molecule has 1 aliphatic heterocycles. The number of hydrogen-bond acceptors (Lipinski definition) is 4. The SMILES string of the molecule is CCCNCc1ccc(N2CCN(CCC)CC2)nc1. The molecule has 2 rings (SSSR count). The largest absolute Gasteiger partial charge is 0.354 e. The van der Waals surface area contributed by atoms with Crippen LogP contribution >= 0.6 is 0 Å². The van der Waals surface area contributed by atoms with Crippen molar-refractivity contribution in [3.63, 3.8) is 0 Å². The Hall–Kier alpha value is -1.13. The Balaban J connectivity index is 1.81. The molecule has 0 saturated carbocycles. The highest BCUT2D eigenvalue weighted by atomic mass is 15.3. The highest BCUT2D eigenvalue weighted by molar-refractivity contribution is 5.39. The van der Waals surface area contributed by atoms with E-state index in [1.54, 1.807) is 0 Å². The van der Waals surface area contributed by atoms with E-state index in [-0.39, 0.29) is 0 Å². The van der Waals surface area contributed by atoms with Crippen molar-refractivity contribution in [3.05, 3.63) is 23.9 Å². The average molecular weight is 276 g/mol. The summed E-state index contributed by atoms with van der Waals surface area (Å²) in [6, 6.07) is 4.36. The number of aromatic nitrogens is 1. The van der Waals surface area contributed by atoms with Crippen LogP contribution in [0.1, 0.15) is 32.3 Å². The van der Waals surface area contributed by atoms with Crippen molar-refractivity contribution in [2.24, 2.45) is 0 Å². The van der Waals surface area contributed by atoms with Gasteiger partial charge < -0.3 is 10.2 Å². The lowest BCUT2D eigenvalue weighted by atomic mass is 10.2. The molecule has 1 aromatic rings. The zero-order valence-corrected chi connectivity index (χ0v) is 12.9. The molecule has 2 heterocycles. The van der Waals surface area contributed by atoms with Gasteiger partial charge in [-0.15, -0.1) is 0 Å². The number of pyridine rings is 1. The Morgan fingerprint density at radius 3 is 2.50 bits per heavy atom. The maximum atomic E-state index is 4.62. The standard InChI is InChI=1S/C16H28N4/c1-3-7-17-13-15-5-6-16(18-14-15)20-11-9-19(8-4-2)10-12-20/h5-6,14,17H,3-4,7-13H2,1-2H3. The van der Waals surface area contributed by atoms with Crippen molar-refractivity contribution in [1.29, 1.82) is 0 Å². The van der Waals surface area contributed by atoms with Crippen LogP contribution in [0.3, 0.4) is 0 Å². The maximum Gasteiger partial charge on any atom is 0.128 e. The van der Waals surface area contributed by atoms with E-state index in [2.05, 4.69) is 46.1 Å². The van der Waals surface area contributed by atoms with Gasteiger partial charge in [-0.25, -0.2) is 4.98 Å². The van der Waals surface area contributed by atoms with Gasteiger partial charge in [-0.3, -0.25) is 4.90 Å². The predicted molar refractivity (Wildman–Crippen MR) is 85.2 cm³/mol. The highest BCUT2D eigenvalue weighted by Gasteiger charge is 2.16. The van der Waals surface area contributed by atoms with Gasteiger partial charge in [0.1, 0.15) is 5.82 Å². The number of rotatable bonds is 7. The molecule has 1 aromatic heterocycles. The molecule has 0 bridgehead atoms. The fourth-order valence-corrected chi connectivity index (χ4v) is 2.63. The topological polar surface area (TPSA) is 31.4 Å². The van der Waals surface area contributed by atoms with E-state index in [1.165, 1.54) is 24.9 Å². The van der Waals surface area contributed by atoms with Gasteiger partial charge in [0.2, 0.25) is 0 Å². The van der Waals surface area contributed by atoms with Gasteiger partial charge in [0, 0.05) is 38.9 Å². The van der Waals surface area contributed by atoms with Gasteiger partial charge in [0.25, 0.3) is 0 Å². The molecule has 1 fully saturated rings. The molecule has 1 N–H and O–H groups in total. The normalized spacial score (nSPS) is 16.6. The van der Waals surface area contributed by atoms with Gasteiger partial charge in [-0.1, -0.05) is 19.9 Å². The Labute approximate surface area is 123 Å². The summed E-state index contributed by atoms with van der Waals surface area (Å²) in [5.41, 5.74) is 1.27. The number of nitrogens with zero attached hydrogens (tertiary/aromatic N) is 3. The number of hydrogen-bond donors (Lipinski definition) is 1. The lowest BCUT2D eigenvalue weighted by Gasteiger charge is -2.35. The Morgan fingerprint density at radius 1 is 1.10 bits per heavy atom. The molecule has 1 saturated heterocycles. The van der Waals surface area contributed by atoms with Crippen LogP contribution in [0.4, 0.5) is 5.82 Å². The molecular weight excluding hydrogens is 248 g/mol. The van der Waals surface area contributed by atoms with E-state index < -0.39 is 0 Å². The molecule has 0 radical (unpaired) electrons. The third kappa shape index (κ3) is 4.46. The predicted octanol–water partition coefficient (Wildman–Crippen LogP) is 2.11. The summed E-state index contributed by atoms with van der Waals surface area (Å²) in [7, 11) is 0. The second kappa shape index (κ2) is 8.22. The van der Waals surface area contributed by atoms with Crippen LogP contribution in [-0.2, 0) is 6.54 Å². The van der Waals surface area contributed by atoms with E-state index >= 15 is 0 Å². The zero-order valence-electron chi connectivity index (χ0n) is 12.9. The quantitative estimate of drug-likeness (QED) is 0.773. The van der Waals surface area contributed by atoms with Crippen molar-refractivity contribution in [3.8, 4) is 0 Å². The Bertz CT molecular complexity index is 369. The summed E-state index contributed by atoms with van der Waals surface area (Å²) in [6.07, 6.45) is 4.43. The van der Waals surface area contributed by atoms with Crippen LogP contribution in [0, 0.1) is 0 Å². The van der Waals surface area contributed by atoms with E-state index in [4.69, 9.17) is 0 Å². The molecule has 0 spiro atoms. The smallest absolute Gasteiger partial charge is 0.128 e. The monoisotopic (exact) mass is 276 g/mol. The van der Waals surface area contributed by atoms with E-state index in [0.717, 1.165) is 45.1 Å². The minimum Gasteiger partial charge on any atom is -0.354 e. The number of anilines is 1. The maximum absolute atomic E-state index is 4.62. The van der Waals surface area contributed by atoms with Crippen LogP contribution in [0.25, 0.3) is 0 Å². The summed E-state index contributed by atoms with van der Waals surface area (Å²) >= 11 is 0. The van der Waals surface area contributed by atoms with Gasteiger partial charge in [0.15, 0.2) is 0 Å². The minimum absolute atomic E-state index is 0.922. The van der Waals surface area contributed by atoms with Crippen molar-refractivity contribution < 1.29 is 0 Å². The number of piperazine rings is 1. The molecular formula is C16H28N4.